The Hall–Kier alpha value is -1.18. The Morgan fingerprint density at radius 3 is 2.45 bits per heavy atom. The van der Waals surface area contributed by atoms with E-state index in [1.807, 2.05) is 26.8 Å². The molecule has 0 spiro atoms. The highest BCUT2D eigenvalue weighted by Crippen LogP contribution is 2.08. The normalized spacial score (nSPS) is 9.73. The molecule has 1 aromatic heterocycles. The van der Waals surface area contributed by atoms with Gasteiger partial charge in [-0.2, -0.15) is 0 Å². The van der Waals surface area contributed by atoms with Crippen LogP contribution in [0.15, 0.2) is 6.07 Å². The van der Waals surface area contributed by atoms with E-state index in [1.165, 1.54) is 0 Å². The molecule has 2 nitrogen and oxygen atoms in total. The standard InChI is InChI=1S/C9H11NO/c1-6-4-7(2)9(5-11)10-8(6)3/h4-5H,1-3H3. The number of pyridine rings is 1. The molecular weight excluding hydrogens is 138 g/mol. The molecule has 11 heavy (non-hydrogen) atoms. The van der Waals surface area contributed by atoms with Gasteiger partial charge in [-0.25, -0.2) is 4.98 Å². The topological polar surface area (TPSA) is 30.0 Å². The maximum absolute atomic E-state index is 10.4. The van der Waals surface area contributed by atoms with Gasteiger partial charge < -0.3 is 0 Å². The summed E-state index contributed by atoms with van der Waals surface area (Å²) in [4.78, 5) is 14.6. The number of rotatable bonds is 1. The zero-order chi connectivity index (χ0) is 8.43. The van der Waals surface area contributed by atoms with E-state index in [-0.39, 0.29) is 0 Å². The highest BCUT2D eigenvalue weighted by atomic mass is 16.1. The average molecular weight is 149 g/mol. The summed E-state index contributed by atoms with van der Waals surface area (Å²) in [6, 6.07) is 1.98. The van der Waals surface area contributed by atoms with Crippen LogP contribution in [0.5, 0.6) is 0 Å². The van der Waals surface area contributed by atoms with Crippen molar-refractivity contribution < 1.29 is 4.79 Å². The molecule has 0 amide bonds. The highest BCUT2D eigenvalue weighted by molar-refractivity contribution is 5.74. The average Bonchev–Trinajstić information content (AvgIpc) is 1.97. The summed E-state index contributed by atoms with van der Waals surface area (Å²) in [6.07, 6.45) is 0.793. The summed E-state index contributed by atoms with van der Waals surface area (Å²) < 4.78 is 0. The summed E-state index contributed by atoms with van der Waals surface area (Å²) in [5.41, 5.74) is 3.56. The minimum atomic E-state index is 0.549. The van der Waals surface area contributed by atoms with Gasteiger partial charge in [0.2, 0.25) is 0 Å². The lowest BCUT2D eigenvalue weighted by Gasteiger charge is -2.02. The number of carbonyl (C=O) groups is 1. The zero-order valence-corrected chi connectivity index (χ0v) is 7.01. The van der Waals surface area contributed by atoms with Crippen molar-refractivity contribution in [2.45, 2.75) is 20.8 Å². The molecule has 2 heteroatoms. The molecule has 0 aliphatic heterocycles. The van der Waals surface area contributed by atoms with Gasteiger partial charge in [0.05, 0.1) is 0 Å². The second kappa shape index (κ2) is 2.82. The van der Waals surface area contributed by atoms with Gasteiger partial charge in [0.15, 0.2) is 6.29 Å². The third kappa shape index (κ3) is 1.45. The van der Waals surface area contributed by atoms with Crippen LogP contribution in [0.25, 0.3) is 0 Å². The van der Waals surface area contributed by atoms with E-state index in [0.29, 0.717) is 5.69 Å². The number of hydrogen-bond donors (Lipinski definition) is 0. The van der Waals surface area contributed by atoms with Crippen LogP contribution in [0.2, 0.25) is 0 Å². The van der Waals surface area contributed by atoms with E-state index < -0.39 is 0 Å². The maximum Gasteiger partial charge on any atom is 0.168 e. The van der Waals surface area contributed by atoms with Crippen molar-refractivity contribution in [2.24, 2.45) is 0 Å². The molecule has 0 saturated heterocycles. The van der Waals surface area contributed by atoms with Crippen molar-refractivity contribution in [3.05, 3.63) is 28.6 Å². The Morgan fingerprint density at radius 2 is 1.91 bits per heavy atom. The first-order valence-corrected chi connectivity index (χ1v) is 3.55. The molecule has 0 aliphatic rings. The predicted molar refractivity (Wildman–Crippen MR) is 43.8 cm³/mol. The molecule has 1 heterocycles. The lowest BCUT2D eigenvalue weighted by Crippen LogP contribution is -1.96. The second-order valence-electron chi connectivity index (χ2n) is 2.71. The van der Waals surface area contributed by atoms with Crippen LogP contribution in [-0.4, -0.2) is 11.3 Å². The molecule has 0 atom stereocenters. The van der Waals surface area contributed by atoms with Crippen molar-refractivity contribution in [3.8, 4) is 0 Å². The van der Waals surface area contributed by atoms with E-state index >= 15 is 0 Å². The molecule has 0 aliphatic carbocycles. The minimum absolute atomic E-state index is 0.549. The summed E-state index contributed by atoms with van der Waals surface area (Å²) >= 11 is 0. The van der Waals surface area contributed by atoms with Gasteiger partial charge in [-0.3, -0.25) is 4.79 Å². The fourth-order valence-electron chi connectivity index (χ4n) is 0.979. The Bertz CT molecular complexity index is 292. The van der Waals surface area contributed by atoms with Crippen LogP contribution in [-0.2, 0) is 0 Å². The minimum Gasteiger partial charge on any atom is -0.296 e. The number of nitrogens with zero attached hydrogens (tertiary/aromatic N) is 1. The van der Waals surface area contributed by atoms with Gasteiger partial charge in [-0.15, -0.1) is 0 Å². The summed E-state index contributed by atoms with van der Waals surface area (Å²) in [5, 5.41) is 0. The SMILES string of the molecule is Cc1cc(C)c(C=O)nc1C. The van der Waals surface area contributed by atoms with Crippen molar-refractivity contribution in [2.75, 3.05) is 0 Å². The number of carbonyl (C=O) groups excluding carboxylic acids is 1. The number of hydrogen-bond acceptors (Lipinski definition) is 2. The largest absolute Gasteiger partial charge is 0.296 e. The highest BCUT2D eigenvalue weighted by Gasteiger charge is 2.00. The van der Waals surface area contributed by atoms with Crippen molar-refractivity contribution >= 4 is 6.29 Å². The quantitative estimate of drug-likeness (QED) is 0.570. The third-order valence-electron chi connectivity index (χ3n) is 1.81. The Morgan fingerprint density at radius 1 is 1.27 bits per heavy atom. The first-order valence-electron chi connectivity index (χ1n) is 3.55. The van der Waals surface area contributed by atoms with Crippen LogP contribution in [0.1, 0.15) is 27.3 Å². The summed E-state index contributed by atoms with van der Waals surface area (Å²) in [6.45, 7) is 5.79. The predicted octanol–water partition coefficient (Wildman–Crippen LogP) is 1.82. The molecule has 1 rings (SSSR count). The van der Waals surface area contributed by atoms with E-state index in [4.69, 9.17) is 0 Å². The summed E-state index contributed by atoms with van der Waals surface area (Å²) in [5.74, 6) is 0. The van der Waals surface area contributed by atoms with E-state index in [0.717, 1.165) is 23.1 Å². The number of aldehydes is 1. The fraction of sp³-hybridized carbons (Fsp3) is 0.333. The molecule has 0 saturated carbocycles. The van der Waals surface area contributed by atoms with E-state index in [1.54, 1.807) is 0 Å². The van der Waals surface area contributed by atoms with Crippen LogP contribution in [0.3, 0.4) is 0 Å². The molecule has 1 aromatic rings. The lowest BCUT2D eigenvalue weighted by molar-refractivity contribution is 0.111. The van der Waals surface area contributed by atoms with Crippen LogP contribution >= 0.6 is 0 Å². The molecule has 0 fully saturated rings. The van der Waals surface area contributed by atoms with Gasteiger partial charge >= 0.3 is 0 Å². The summed E-state index contributed by atoms with van der Waals surface area (Å²) in [7, 11) is 0. The first-order chi connectivity index (χ1) is 5.15. The van der Waals surface area contributed by atoms with Gasteiger partial charge in [-0.05, 0) is 31.9 Å². The van der Waals surface area contributed by atoms with Gasteiger partial charge in [0.1, 0.15) is 5.69 Å². The molecular formula is C9H11NO. The molecule has 58 valence electrons. The Balaban J connectivity index is 3.31. The number of aromatic nitrogens is 1. The third-order valence-corrected chi connectivity index (χ3v) is 1.81. The lowest BCUT2D eigenvalue weighted by atomic mass is 10.1. The molecule has 0 bridgehead atoms. The van der Waals surface area contributed by atoms with Crippen LogP contribution < -0.4 is 0 Å². The Kier molecular flexibility index (Phi) is 2.03. The van der Waals surface area contributed by atoms with Gasteiger partial charge in [0.25, 0.3) is 0 Å². The van der Waals surface area contributed by atoms with Crippen LogP contribution in [0.4, 0.5) is 0 Å². The monoisotopic (exact) mass is 149 g/mol. The van der Waals surface area contributed by atoms with Gasteiger partial charge in [0, 0.05) is 5.69 Å². The molecule has 0 N–H and O–H groups in total. The molecule has 0 unspecified atom stereocenters. The zero-order valence-electron chi connectivity index (χ0n) is 7.01. The second-order valence-corrected chi connectivity index (χ2v) is 2.71. The fourth-order valence-corrected chi connectivity index (χ4v) is 0.979. The number of aryl methyl sites for hydroxylation is 3. The van der Waals surface area contributed by atoms with E-state index in [2.05, 4.69) is 4.98 Å². The van der Waals surface area contributed by atoms with Gasteiger partial charge in [-0.1, -0.05) is 6.07 Å². The molecule has 0 aromatic carbocycles. The van der Waals surface area contributed by atoms with Crippen molar-refractivity contribution in [1.29, 1.82) is 0 Å². The van der Waals surface area contributed by atoms with Crippen molar-refractivity contribution in [1.82, 2.24) is 4.98 Å². The molecule has 0 radical (unpaired) electrons. The van der Waals surface area contributed by atoms with Crippen LogP contribution in [0, 0.1) is 20.8 Å². The smallest absolute Gasteiger partial charge is 0.168 e. The first kappa shape index (κ1) is 7.92. The Labute approximate surface area is 66.3 Å². The van der Waals surface area contributed by atoms with E-state index in [9.17, 15) is 4.79 Å². The van der Waals surface area contributed by atoms with Crippen molar-refractivity contribution in [3.63, 3.8) is 0 Å². The maximum atomic E-state index is 10.4.